The lowest BCUT2D eigenvalue weighted by Crippen LogP contribution is -2.41. The Morgan fingerprint density at radius 1 is 1.25 bits per heavy atom. The molecule has 0 aliphatic heterocycles. The Morgan fingerprint density at radius 2 is 1.96 bits per heavy atom. The highest BCUT2D eigenvalue weighted by Gasteiger charge is 2.23. The van der Waals surface area contributed by atoms with E-state index in [2.05, 4.69) is 5.43 Å². The molecule has 2 N–H and O–H groups in total. The lowest BCUT2D eigenvalue weighted by atomic mass is 10.1. The number of carbonyl (C=O) groups is 1. The molecule has 2 aromatic heterocycles. The van der Waals surface area contributed by atoms with Crippen molar-refractivity contribution in [3.05, 3.63) is 50.3 Å². The first-order valence-electron chi connectivity index (χ1n) is 6.54. The van der Waals surface area contributed by atoms with Crippen LogP contribution in [-0.4, -0.2) is 14.3 Å². The third kappa shape index (κ3) is 3.15. The number of hydrogen-bond donors (Lipinski definition) is 2. The Labute approximate surface area is 151 Å². The minimum atomic E-state index is -4.05. The van der Waals surface area contributed by atoms with Gasteiger partial charge in [0, 0.05) is 10.9 Å². The van der Waals surface area contributed by atoms with Crippen LogP contribution in [0.1, 0.15) is 16.1 Å². The Morgan fingerprint density at radius 3 is 2.58 bits per heavy atom. The maximum atomic E-state index is 12.2. The summed E-state index contributed by atoms with van der Waals surface area (Å²) < 4.78 is 30.0. The molecule has 0 fully saturated rings. The van der Waals surface area contributed by atoms with Crippen LogP contribution < -0.4 is 10.3 Å². The normalized spacial score (nSPS) is 11.8. The first kappa shape index (κ1) is 17.2. The second kappa shape index (κ2) is 6.38. The minimum Gasteiger partial charge on any atom is -0.451 e. The van der Waals surface area contributed by atoms with Crippen LogP contribution in [0.2, 0.25) is 8.67 Å². The minimum absolute atomic E-state index is 0.00154. The third-order valence-electron chi connectivity index (χ3n) is 3.26. The van der Waals surface area contributed by atoms with Gasteiger partial charge >= 0.3 is 5.91 Å². The van der Waals surface area contributed by atoms with Gasteiger partial charge < -0.3 is 4.42 Å². The van der Waals surface area contributed by atoms with Crippen molar-refractivity contribution in [2.45, 2.75) is 11.8 Å². The molecule has 1 amide bonds. The van der Waals surface area contributed by atoms with Gasteiger partial charge in [0.05, 0.1) is 4.34 Å². The van der Waals surface area contributed by atoms with E-state index >= 15 is 0 Å². The topological polar surface area (TPSA) is 88.4 Å². The van der Waals surface area contributed by atoms with Gasteiger partial charge in [-0.15, -0.1) is 16.2 Å². The number of nitrogens with one attached hydrogen (secondary N) is 2. The monoisotopic (exact) mass is 404 g/mol. The van der Waals surface area contributed by atoms with Gasteiger partial charge in [0.15, 0.2) is 5.76 Å². The lowest BCUT2D eigenvalue weighted by Gasteiger charge is -2.06. The SMILES string of the molecule is Cc1c(C(=O)NNS(=O)(=O)c2cc(Cl)sc2Cl)oc2ccccc12. The number of hydrazine groups is 1. The quantitative estimate of drug-likeness (QED) is 0.648. The maximum absolute atomic E-state index is 12.2. The molecule has 10 heteroatoms. The van der Waals surface area contributed by atoms with Crippen molar-refractivity contribution in [1.29, 1.82) is 0 Å². The number of amides is 1. The summed E-state index contributed by atoms with van der Waals surface area (Å²) in [6.45, 7) is 1.71. The molecule has 0 aliphatic carbocycles. The van der Waals surface area contributed by atoms with E-state index in [-0.39, 0.29) is 19.3 Å². The zero-order chi connectivity index (χ0) is 17.5. The van der Waals surface area contributed by atoms with Crippen LogP contribution in [0.25, 0.3) is 11.0 Å². The summed E-state index contributed by atoms with van der Waals surface area (Å²) >= 11 is 12.5. The summed E-state index contributed by atoms with van der Waals surface area (Å²) in [6.07, 6.45) is 0. The van der Waals surface area contributed by atoms with Crippen molar-refractivity contribution in [2.75, 3.05) is 0 Å². The van der Waals surface area contributed by atoms with Gasteiger partial charge in [0.25, 0.3) is 10.0 Å². The molecule has 126 valence electrons. The fraction of sp³-hybridized carbons (Fsp3) is 0.0714. The van der Waals surface area contributed by atoms with Gasteiger partial charge in [-0.2, -0.15) is 0 Å². The zero-order valence-electron chi connectivity index (χ0n) is 12.1. The van der Waals surface area contributed by atoms with Gasteiger partial charge in [-0.1, -0.05) is 41.4 Å². The average Bonchev–Trinajstić information content (AvgIpc) is 3.06. The summed E-state index contributed by atoms with van der Waals surface area (Å²) in [5.74, 6) is -0.696. The molecule has 3 aromatic rings. The summed E-state index contributed by atoms with van der Waals surface area (Å²) in [4.78, 5) is 14.0. The molecule has 0 atom stereocenters. The highest BCUT2D eigenvalue weighted by atomic mass is 35.5. The van der Waals surface area contributed by atoms with E-state index in [1.165, 1.54) is 6.07 Å². The van der Waals surface area contributed by atoms with Gasteiger partial charge in [0.1, 0.15) is 14.8 Å². The predicted octanol–water partition coefficient (Wildman–Crippen LogP) is 3.73. The van der Waals surface area contributed by atoms with E-state index in [9.17, 15) is 13.2 Å². The molecule has 0 saturated carbocycles. The number of furan rings is 1. The molecule has 2 heterocycles. The highest BCUT2D eigenvalue weighted by Crippen LogP contribution is 2.34. The van der Waals surface area contributed by atoms with Crippen molar-refractivity contribution < 1.29 is 17.6 Å². The summed E-state index contributed by atoms with van der Waals surface area (Å²) in [5, 5.41) is 0.776. The van der Waals surface area contributed by atoms with Crippen LogP contribution in [0.4, 0.5) is 0 Å². The second-order valence-corrected chi connectivity index (χ2v) is 8.74. The number of para-hydroxylation sites is 1. The van der Waals surface area contributed by atoms with Crippen molar-refractivity contribution in [3.8, 4) is 0 Å². The zero-order valence-corrected chi connectivity index (χ0v) is 15.2. The third-order valence-corrected chi connectivity index (χ3v) is 6.26. The fourth-order valence-corrected chi connectivity index (χ4v) is 5.11. The molecule has 1 aromatic carbocycles. The number of sulfonamides is 1. The number of hydrogen-bond acceptors (Lipinski definition) is 5. The summed E-state index contributed by atoms with van der Waals surface area (Å²) in [6, 6.07) is 8.32. The molecule has 0 aliphatic rings. The number of aryl methyl sites for hydroxylation is 1. The van der Waals surface area contributed by atoms with Crippen LogP contribution in [0.3, 0.4) is 0 Å². The van der Waals surface area contributed by atoms with Gasteiger partial charge in [0.2, 0.25) is 0 Å². The van der Waals surface area contributed by atoms with Gasteiger partial charge in [-0.3, -0.25) is 10.2 Å². The van der Waals surface area contributed by atoms with E-state index < -0.39 is 15.9 Å². The van der Waals surface area contributed by atoms with Gasteiger partial charge in [-0.25, -0.2) is 8.42 Å². The average molecular weight is 405 g/mol. The van der Waals surface area contributed by atoms with E-state index in [4.69, 9.17) is 27.6 Å². The van der Waals surface area contributed by atoms with Crippen molar-refractivity contribution in [3.63, 3.8) is 0 Å². The molecule has 6 nitrogen and oxygen atoms in total. The van der Waals surface area contributed by atoms with Crippen LogP contribution in [-0.2, 0) is 10.0 Å². The predicted molar refractivity (Wildman–Crippen MR) is 93.1 cm³/mol. The first-order valence-corrected chi connectivity index (χ1v) is 9.60. The number of carbonyl (C=O) groups excluding carboxylic acids is 1. The number of halogens is 2. The molecule has 24 heavy (non-hydrogen) atoms. The van der Waals surface area contributed by atoms with E-state index in [0.29, 0.717) is 11.1 Å². The standard InChI is InChI=1S/C14H10Cl2N2O4S2/c1-7-8-4-2-3-5-9(8)22-12(7)14(19)17-18-24(20,21)10-6-11(15)23-13(10)16/h2-6,18H,1H3,(H,17,19). The fourth-order valence-electron chi connectivity index (χ4n) is 2.12. The Bertz CT molecular complexity index is 1040. The Kier molecular flexibility index (Phi) is 4.58. The number of thiophene rings is 1. The molecule has 0 unspecified atom stereocenters. The lowest BCUT2D eigenvalue weighted by molar-refractivity contribution is 0.0918. The van der Waals surface area contributed by atoms with Crippen LogP contribution in [0.15, 0.2) is 39.6 Å². The van der Waals surface area contributed by atoms with Crippen molar-refractivity contribution in [2.24, 2.45) is 0 Å². The molecule has 3 rings (SSSR count). The van der Waals surface area contributed by atoms with E-state index in [0.717, 1.165) is 16.7 Å². The molecular weight excluding hydrogens is 395 g/mol. The summed E-state index contributed by atoms with van der Waals surface area (Å²) in [5.41, 5.74) is 3.26. The molecular formula is C14H10Cl2N2O4S2. The Hall–Kier alpha value is -1.58. The number of fused-ring (bicyclic) bond motifs is 1. The smallest absolute Gasteiger partial charge is 0.302 e. The van der Waals surface area contributed by atoms with Crippen LogP contribution in [0, 0.1) is 6.92 Å². The molecule has 0 spiro atoms. The Balaban J connectivity index is 1.82. The van der Waals surface area contributed by atoms with Crippen molar-refractivity contribution in [1.82, 2.24) is 10.3 Å². The maximum Gasteiger partial charge on any atom is 0.302 e. The van der Waals surface area contributed by atoms with Crippen molar-refractivity contribution >= 4 is 61.4 Å². The highest BCUT2D eigenvalue weighted by molar-refractivity contribution is 7.89. The van der Waals surface area contributed by atoms with Gasteiger partial charge in [-0.05, 0) is 19.1 Å². The largest absolute Gasteiger partial charge is 0.451 e. The molecule has 0 bridgehead atoms. The molecule has 0 saturated heterocycles. The number of rotatable bonds is 4. The first-order chi connectivity index (χ1) is 11.3. The van der Waals surface area contributed by atoms with Crippen LogP contribution >= 0.6 is 34.5 Å². The van der Waals surface area contributed by atoms with Crippen LogP contribution in [0.5, 0.6) is 0 Å². The van der Waals surface area contributed by atoms with E-state index in [1.807, 2.05) is 17.0 Å². The van der Waals surface area contributed by atoms with E-state index in [1.54, 1.807) is 19.1 Å². The summed E-state index contributed by atoms with van der Waals surface area (Å²) in [7, 11) is -4.05. The second-order valence-electron chi connectivity index (χ2n) is 4.80. The molecule has 0 radical (unpaired) electrons. The number of benzene rings is 1.